The molecule has 0 aliphatic carbocycles. The third-order valence-electron chi connectivity index (χ3n) is 6.42. The van der Waals surface area contributed by atoms with Gasteiger partial charge in [-0.2, -0.15) is 0 Å². The van der Waals surface area contributed by atoms with Crippen molar-refractivity contribution in [1.82, 2.24) is 0 Å². The molecule has 1 N–H and O–H groups in total. The van der Waals surface area contributed by atoms with E-state index in [4.69, 9.17) is 9.47 Å². The molecule has 1 unspecified atom stereocenters. The fourth-order valence-corrected chi connectivity index (χ4v) is 4.85. The Morgan fingerprint density at radius 2 is 1.69 bits per heavy atom. The largest absolute Gasteiger partial charge is 0.496 e. The number of benzene rings is 3. The van der Waals surface area contributed by atoms with E-state index in [1.807, 2.05) is 77.1 Å². The summed E-state index contributed by atoms with van der Waals surface area (Å²) in [6.07, 6.45) is -0.542. The van der Waals surface area contributed by atoms with Crippen LogP contribution < -0.4 is 9.64 Å². The number of para-hydroxylation sites is 1. The zero-order valence-corrected chi connectivity index (χ0v) is 21.7. The highest BCUT2D eigenvalue weighted by molar-refractivity contribution is 6.10. The Balaban J connectivity index is 1.93. The van der Waals surface area contributed by atoms with Gasteiger partial charge >= 0.3 is 5.97 Å². The molecule has 1 aliphatic rings. The van der Waals surface area contributed by atoms with Gasteiger partial charge in [-0.15, -0.1) is 0 Å². The lowest BCUT2D eigenvalue weighted by Crippen LogP contribution is -2.30. The molecule has 0 bridgehead atoms. The topological polar surface area (TPSA) is 76.1 Å². The van der Waals surface area contributed by atoms with Crippen molar-refractivity contribution in [1.29, 1.82) is 0 Å². The summed E-state index contributed by atoms with van der Waals surface area (Å²) in [5.74, 6) is -0.664. The molecule has 0 spiro atoms. The number of rotatable bonds is 6. The molecule has 0 fully saturated rings. The maximum absolute atomic E-state index is 13.6. The van der Waals surface area contributed by atoms with Gasteiger partial charge in [-0.05, 0) is 81.5 Å². The second-order valence-corrected chi connectivity index (χ2v) is 10.2. The summed E-state index contributed by atoms with van der Waals surface area (Å²) in [5, 5.41) is 10.2. The van der Waals surface area contributed by atoms with Crippen LogP contribution in [0, 0.1) is 13.8 Å². The lowest BCUT2D eigenvalue weighted by molar-refractivity contribution is -0.160. The lowest BCUT2D eigenvalue weighted by Gasteiger charge is -2.29. The van der Waals surface area contributed by atoms with Crippen LogP contribution in [0.1, 0.15) is 59.5 Å². The Kier molecular flexibility index (Phi) is 6.92. The van der Waals surface area contributed by atoms with Gasteiger partial charge in [0, 0.05) is 17.8 Å². The first-order chi connectivity index (χ1) is 17.0. The fraction of sp³-hybridized carbons (Fsp3) is 0.333. The minimum absolute atomic E-state index is 0.145. The first kappa shape index (κ1) is 25.5. The molecule has 1 heterocycles. The number of carbonyl (C=O) groups excluding carboxylic acids is 1. The molecule has 0 aromatic heterocycles. The van der Waals surface area contributed by atoms with E-state index in [2.05, 4.69) is 0 Å². The Morgan fingerprint density at radius 3 is 2.31 bits per heavy atom. The van der Waals surface area contributed by atoms with Crippen molar-refractivity contribution in [2.24, 2.45) is 0 Å². The summed E-state index contributed by atoms with van der Waals surface area (Å²) < 4.78 is 11.5. The molecular formula is C30H33NO5. The molecule has 1 amide bonds. The van der Waals surface area contributed by atoms with Crippen molar-refractivity contribution in [2.75, 3.05) is 18.6 Å². The summed E-state index contributed by atoms with van der Waals surface area (Å²) in [7, 11) is 1.55. The van der Waals surface area contributed by atoms with Gasteiger partial charge in [-0.25, -0.2) is 4.79 Å². The average molecular weight is 488 g/mol. The number of carboxylic acid groups (broad SMARTS) is 1. The number of ether oxygens (including phenoxy) is 2. The normalized spacial score (nSPS) is 13.9. The van der Waals surface area contributed by atoms with Gasteiger partial charge in [0.25, 0.3) is 5.91 Å². The van der Waals surface area contributed by atoms with Gasteiger partial charge in [0.2, 0.25) is 0 Å². The molecule has 0 saturated heterocycles. The van der Waals surface area contributed by atoms with Crippen molar-refractivity contribution in [3.05, 3.63) is 82.4 Å². The predicted molar refractivity (Wildman–Crippen MR) is 141 cm³/mol. The third-order valence-corrected chi connectivity index (χ3v) is 6.42. The third kappa shape index (κ3) is 4.86. The first-order valence-corrected chi connectivity index (χ1v) is 12.1. The van der Waals surface area contributed by atoms with Crippen LogP contribution in [0.15, 0.2) is 54.6 Å². The molecule has 1 aliphatic heterocycles. The molecular weight excluding hydrogens is 454 g/mol. The summed E-state index contributed by atoms with van der Waals surface area (Å²) in [4.78, 5) is 27.9. The number of carbonyl (C=O) groups is 2. The number of carboxylic acids is 1. The average Bonchev–Trinajstić information content (AvgIpc) is 3.24. The number of aliphatic carboxylic acids is 1. The predicted octanol–water partition coefficient (Wildman–Crippen LogP) is 6.12. The quantitative estimate of drug-likeness (QED) is 0.453. The molecule has 6 nitrogen and oxygen atoms in total. The van der Waals surface area contributed by atoms with Crippen molar-refractivity contribution >= 4 is 17.6 Å². The van der Waals surface area contributed by atoms with Gasteiger partial charge in [0.1, 0.15) is 5.75 Å². The second kappa shape index (κ2) is 9.78. The van der Waals surface area contributed by atoms with Gasteiger partial charge in [0.05, 0.1) is 18.3 Å². The van der Waals surface area contributed by atoms with E-state index in [1.165, 1.54) is 0 Å². The molecule has 0 saturated carbocycles. The van der Waals surface area contributed by atoms with E-state index in [1.54, 1.807) is 24.1 Å². The van der Waals surface area contributed by atoms with E-state index in [9.17, 15) is 14.7 Å². The molecule has 4 rings (SSSR count). The van der Waals surface area contributed by atoms with Gasteiger partial charge < -0.3 is 19.5 Å². The van der Waals surface area contributed by atoms with Crippen LogP contribution in [0.5, 0.6) is 5.75 Å². The monoisotopic (exact) mass is 487 g/mol. The number of hydrogen-bond acceptors (Lipinski definition) is 4. The first-order valence-electron chi connectivity index (χ1n) is 12.1. The molecule has 6 heteroatoms. The van der Waals surface area contributed by atoms with Crippen LogP contribution in [0.4, 0.5) is 5.69 Å². The molecule has 3 aromatic carbocycles. The van der Waals surface area contributed by atoms with Crippen LogP contribution in [-0.2, 0) is 16.0 Å². The van der Waals surface area contributed by atoms with Crippen molar-refractivity contribution in [2.45, 2.75) is 52.7 Å². The number of hydrogen-bond donors (Lipinski definition) is 1. The van der Waals surface area contributed by atoms with Crippen molar-refractivity contribution < 1.29 is 24.2 Å². The molecule has 36 heavy (non-hydrogen) atoms. The van der Waals surface area contributed by atoms with Gasteiger partial charge in [-0.3, -0.25) is 4.79 Å². The number of fused-ring (bicyclic) bond motifs is 1. The zero-order chi connectivity index (χ0) is 26.2. The standard InChI is InChI=1S/C30H33NO5/c1-18-11-13-20(14-12-18)26-21-15-16-31(28(32)22-9-7-8-10-24(22)35-6)23(21)17-19(2)25(26)27(29(33)34)36-30(3,4)5/h7-14,17,27H,15-16H2,1-6H3,(H,33,34). The summed E-state index contributed by atoms with van der Waals surface area (Å²) in [6, 6.07) is 17.2. The van der Waals surface area contributed by atoms with E-state index in [0.29, 0.717) is 29.8 Å². The molecule has 0 radical (unpaired) electrons. The number of nitrogens with zero attached hydrogens (tertiary/aromatic N) is 1. The smallest absolute Gasteiger partial charge is 0.337 e. The van der Waals surface area contributed by atoms with E-state index >= 15 is 0 Å². The van der Waals surface area contributed by atoms with Crippen molar-refractivity contribution in [3.8, 4) is 16.9 Å². The minimum Gasteiger partial charge on any atom is -0.496 e. The van der Waals surface area contributed by atoms with Crippen LogP contribution in [0.3, 0.4) is 0 Å². The number of anilines is 1. The molecule has 188 valence electrons. The molecule has 1 atom stereocenters. The number of amides is 1. The maximum Gasteiger partial charge on any atom is 0.337 e. The van der Waals surface area contributed by atoms with Gasteiger partial charge in [0.15, 0.2) is 6.10 Å². The lowest BCUT2D eigenvalue weighted by atomic mass is 9.86. The maximum atomic E-state index is 13.6. The minimum atomic E-state index is -1.15. The highest BCUT2D eigenvalue weighted by Gasteiger charge is 2.36. The highest BCUT2D eigenvalue weighted by atomic mass is 16.5. The number of methoxy groups -OCH3 is 1. The van der Waals surface area contributed by atoms with Crippen LogP contribution >= 0.6 is 0 Å². The van der Waals surface area contributed by atoms with E-state index in [-0.39, 0.29) is 5.91 Å². The summed E-state index contributed by atoms with van der Waals surface area (Å²) >= 11 is 0. The number of aryl methyl sites for hydroxylation is 2. The fourth-order valence-electron chi connectivity index (χ4n) is 4.85. The Hall–Kier alpha value is -3.64. The van der Waals surface area contributed by atoms with E-state index in [0.717, 1.165) is 33.5 Å². The summed E-state index contributed by atoms with van der Waals surface area (Å²) in [5.41, 5.74) is 5.82. The van der Waals surface area contributed by atoms with Gasteiger partial charge in [-0.1, -0.05) is 42.0 Å². The SMILES string of the molecule is COc1ccccc1C(=O)N1CCc2c1cc(C)c(C(OC(C)(C)C)C(=O)O)c2-c1ccc(C)cc1. The summed E-state index contributed by atoms with van der Waals surface area (Å²) in [6.45, 7) is 9.95. The Bertz CT molecular complexity index is 1300. The van der Waals surface area contributed by atoms with E-state index < -0.39 is 17.7 Å². The van der Waals surface area contributed by atoms with Crippen molar-refractivity contribution in [3.63, 3.8) is 0 Å². The van der Waals surface area contributed by atoms with Crippen LogP contribution in [0.2, 0.25) is 0 Å². The Morgan fingerprint density at radius 1 is 1.03 bits per heavy atom. The van der Waals surface area contributed by atoms with Crippen LogP contribution in [-0.4, -0.2) is 36.2 Å². The second-order valence-electron chi connectivity index (χ2n) is 10.2. The zero-order valence-electron chi connectivity index (χ0n) is 21.7. The Labute approximate surface area is 212 Å². The van der Waals surface area contributed by atoms with Crippen LogP contribution in [0.25, 0.3) is 11.1 Å². The molecule has 3 aromatic rings. The highest BCUT2D eigenvalue weighted by Crippen LogP contribution is 2.45.